The Kier molecular flexibility index (Phi) is 12.2. The van der Waals surface area contributed by atoms with E-state index in [0.717, 1.165) is 19.3 Å². The van der Waals surface area contributed by atoms with Crippen LogP contribution in [-0.2, 0) is 4.79 Å². The number of hydrogen-bond donors (Lipinski definition) is 1. The summed E-state index contributed by atoms with van der Waals surface area (Å²) in [5, 5.41) is 8.21. The van der Waals surface area contributed by atoms with E-state index in [0.29, 0.717) is 6.42 Å². The van der Waals surface area contributed by atoms with Crippen molar-refractivity contribution in [1.29, 1.82) is 0 Å². The van der Waals surface area contributed by atoms with Crippen LogP contribution in [0.5, 0.6) is 0 Å². The summed E-state index contributed by atoms with van der Waals surface area (Å²) < 4.78 is 0. The molecule has 4 radical (unpaired) electrons. The predicted octanol–water partition coefficient (Wildman–Crippen LogP) is 1.66. The molecule has 0 saturated carbocycles. The number of unbranched alkanes of at least 4 members (excludes halogenated alkanes) is 3. The Morgan fingerprint density at radius 3 is 2.30 bits per heavy atom. The van der Waals surface area contributed by atoms with Crippen molar-refractivity contribution < 1.29 is 9.90 Å². The van der Waals surface area contributed by atoms with Crippen LogP contribution < -0.4 is 0 Å². The van der Waals surface area contributed by atoms with Crippen molar-refractivity contribution in [3.05, 3.63) is 0 Å². The van der Waals surface area contributed by atoms with E-state index >= 15 is 0 Å². The van der Waals surface area contributed by atoms with Gasteiger partial charge in [-0.15, -0.1) is 0 Å². The zero-order chi connectivity index (χ0) is 7.11. The van der Waals surface area contributed by atoms with E-state index in [1.54, 1.807) is 0 Å². The Balaban J connectivity index is 0. The van der Waals surface area contributed by atoms with E-state index in [9.17, 15) is 4.79 Å². The minimum Gasteiger partial charge on any atom is -0.481 e. The van der Waals surface area contributed by atoms with Gasteiger partial charge in [-0.05, 0) is 6.42 Å². The van der Waals surface area contributed by atoms with E-state index in [-0.39, 0.29) is 27.3 Å². The van der Waals surface area contributed by atoms with Crippen molar-refractivity contribution in [3.8, 4) is 0 Å². The Bertz CT molecular complexity index is 83.7. The number of carboxylic acid groups (broad SMARTS) is 1. The maximum Gasteiger partial charge on any atom is 0.303 e. The molecule has 0 aliphatic rings. The first-order valence-corrected chi connectivity index (χ1v) is 3.49. The molecule has 0 amide bonds. The van der Waals surface area contributed by atoms with Gasteiger partial charge in [-0.2, -0.15) is 0 Å². The van der Waals surface area contributed by atoms with Crippen LogP contribution in [0.25, 0.3) is 0 Å². The van der Waals surface area contributed by atoms with E-state index < -0.39 is 5.97 Å². The van der Waals surface area contributed by atoms with Crippen LogP contribution >= 0.6 is 0 Å². The first kappa shape index (κ1) is 13.0. The number of aliphatic carboxylic acids is 1. The molecule has 0 spiro atoms. The summed E-state index contributed by atoms with van der Waals surface area (Å²) in [7, 11) is 0. The largest absolute Gasteiger partial charge is 0.481 e. The van der Waals surface area contributed by atoms with Crippen LogP contribution in [0.1, 0.15) is 39.0 Å². The summed E-state index contributed by atoms with van der Waals surface area (Å²) >= 11 is 0. The second kappa shape index (κ2) is 9.39. The van der Waals surface area contributed by atoms with Gasteiger partial charge in [-0.25, -0.2) is 0 Å². The standard InChI is InChI=1S/C7H14O2.Pb/c1-2-3-4-5-6-7(8)9;/h2-6H2,1H3,(H,8,9);. The molecule has 0 aromatic rings. The monoisotopic (exact) mass is 338 g/mol. The number of hydrogen-bond acceptors (Lipinski definition) is 1. The molecule has 3 heteroatoms. The van der Waals surface area contributed by atoms with Crippen molar-refractivity contribution >= 4 is 33.3 Å². The molecule has 58 valence electrons. The van der Waals surface area contributed by atoms with Gasteiger partial charge >= 0.3 is 5.97 Å². The van der Waals surface area contributed by atoms with E-state index in [2.05, 4.69) is 6.92 Å². The molecular weight excluding hydrogens is 323 g/mol. The second-order valence-electron chi connectivity index (χ2n) is 2.20. The maximum absolute atomic E-state index is 9.96. The van der Waals surface area contributed by atoms with Gasteiger partial charge in [0, 0.05) is 33.7 Å². The van der Waals surface area contributed by atoms with Crippen molar-refractivity contribution in [3.63, 3.8) is 0 Å². The van der Waals surface area contributed by atoms with E-state index in [1.165, 1.54) is 6.42 Å². The van der Waals surface area contributed by atoms with Gasteiger partial charge in [0.25, 0.3) is 0 Å². The van der Waals surface area contributed by atoms with Crippen LogP contribution in [0, 0.1) is 0 Å². The Morgan fingerprint density at radius 1 is 1.30 bits per heavy atom. The molecule has 0 aromatic heterocycles. The molecule has 0 aromatic carbocycles. The van der Waals surface area contributed by atoms with Crippen molar-refractivity contribution in [2.45, 2.75) is 39.0 Å². The number of rotatable bonds is 5. The van der Waals surface area contributed by atoms with Crippen LogP contribution in [0.2, 0.25) is 0 Å². The molecule has 2 nitrogen and oxygen atoms in total. The third-order valence-corrected chi connectivity index (χ3v) is 1.24. The van der Waals surface area contributed by atoms with Gasteiger partial charge in [0.2, 0.25) is 0 Å². The molecule has 0 bridgehead atoms. The SMILES string of the molecule is CCCCCCC(=O)O.[Pb]. The zero-order valence-electron chi connectivity index (χ0n) is 6.39. The maximum atomic E-state index is 9.96. The zero-order valence-corrected chi connectivity index (χ0v) is 10.3. The van der Waals surface area contributed by atoms with Gasteiger partial charge < -0.3 is 5.11 Å². The smallest absolute Gasteiger partial charge is 0.303 e. The third kappa shape index (κ3) is 11.2. The van der Waals surface area contributed by atoms with Crippen molar-refractivity contribution in [2.75, 3.05) is 0 Å². The third-order valence-electron chi connectivity index (χ3n) is 1.24. The molecule has 0 atom stereocenters. The molecule has 0 saturated heterocycles. The fourth-order valence-electron chi connectivity index (χ4n) is 0.703. The summed E-state index contributed by atoms with van der Waals surface area (Å²) in [4.78, 5) is 9.96. The normalized spacial score (nSPS) is 8.50. The van der Waals surface area contributed by atoms with Gasteiger partial charge in [0.05, 0.1) is 0 Å². The molecule has 1 N–H and O–H groups in total. The molecule has 0 aliphatic heterocycles. The van der Waals surface area contributed by atoms with Gasteiger partial charge in [-0.1, -0.05) is 26.2 Å². The average molecular weight is 337 g/mol. The minimum atomic E-state index is -0.675. The predicted molar refractivity (Wildman–Crippen MR) is 42.1 cm³/mol. The van der Waals surface area contributed by atoms with E-state index in [4.69, 9.17) is 5.11 Å². The molecular formula is C7H14O2Pb. The van der Waals surface area contributed by atoms with Crippen LogP contribution in [-0.4, -0.2) is 38.4 Å². The average Bonchev–Trinajstić information content (AvgIpc) is 1.80. The number of carboxylic acids is 1. The topological polar surface area (TPSA) is 37.3 Å². The van der Waals surface area contributed by atoms with Crippen LogP contribution in [0.3, 0.4) is 0 Å². The van der Waals surface area contributed by atoms with E-state index in [1.807, 2.05) is 0 Å². The van der Waals surface area contributed by atoms with Crippen molar-refractivity contribution in [2.24, 2.45) is 0 Å². The molecule has 0 aliphatic carbocycles. The quantitative estimate of drug-likeness (QED) is 0.612. The minimum absolute atomic E-state index is 0. The fourth-order valence-corrected chi connectivity index (χ4v) is 0.703. The molecule has 0 rings (SSSR count). The first-order chi connectivity index (χ1) is 4.27. The van der Waals surface area contributed by atoms with Gasteiger partial charge in [-0.3, -0.25) is 4.79 Å². The van der Waals surface area contributed by atoms with Crippen LogP contribution in [0.15, 0.2) is 0 Å². The van der Waals surface area contributed by atoms with Crippen LogP contribution in [0.4, 0.5) is 0 Å². The van der Waals surface area contributed by atoms with Crippen molar-refractivity contribution in [1.82, 2.24) is 0 Å². The van der Waals surface area contributed by atoms with Gasteiger partial charge in [0.15, 0.2) is 0 Å². The summed E-state index contributed by atoms with van der Waals surface area (Å²) in [6.07, 6.45) is 4.55. The Morgan fingerprint density at radius 2 is 1.90 bits per heavy atom. The first-order valence-electron chi connectivity index (χ1n) is 3.49. The molecule has 0 fully saturated rings. The molecule has 10 heavy (non-hydrogen) atoms. The molecule has 0 unspecified atom stereocenters. The summed E-state index contributed by atoms with van der Waals surface area (Å²) in [6.45, 7) is 2.11. The Hall–Kier alpha value is 0.392. The van der Waals surface area contributed by atoms with Gasteiger partial charge in [0.1, 0.15) is 0 Å². The molecule has 0 heterocycles. The fraction of sp³-hybridized carbons (Fsp3) is 0.857. The summed E-state index contributed by atoms with van der Waals surface area (Å²) in [5.74, 6) is -0.675. The summed E-state index contributed by atoms with van der Waals surface area (Å²) in [5.41, 5.74) is 0. The second-order valence-corrected chi connectivity index (χ2v) is 2.20. The Labute approximate surface area is 82.2 Å². The number of carbonyl (C=O) groups is 1. The summed E-state index contributed by atoms with van der Waals surface area (Å²) in [6, 6.07) is 0.